The maximum atomic E-state index is 14.6. The van der Waals surface area contributed by atoms with Gasteiger partial charge in [-0.2, -0.15) is 11.8 Å². The van der Waals surface area contributed by atoms with Gasteiger partial charge in [0.2, 0.25) is 0 Å². The Morgan fingerprint density at radius 1 is 1.18 bits per heavy atom. The van der Waals surface area contributed by atoms with Gasteiger partial charge in [-0.15, -0.1) is 0 Å². The molecule has 0 unspecified atom stereocenters. The summed E-state index contributed by atoms with van der Waals surface area (Å²) in [5.74, 6) is 0. The highest BCUT2D eigenvalue weighted by atomic mass is 32.2. The van der Waals surface area contributed by atoms with Crippen LogP contribution in [0.2, 0.25) is 0 Å². The summed E-state index contributed by atoms with van der Waals surface area (Å²) in [5.41, 5.74) is -0.918. The van der Waals surface area contributed by atoms with Crippen molar-refractivity contribution in [1.82, 2.24) is 9.80 Å². The molecule has 17 heavy (non-hydrogen) atoms. The molecule has 0 spiro atoms. The molecule has 2 rings (SSSR count). The first-order valence-corrected chi connectivity index (χ1v) is 8.03. The zero-order valence-corrected chi connectivity index (χ0v) is 11.9. The second-order valence-corrected chi connectivity index (χ2v) is 6.80. The van der Waals surface area contributed by atoms with Gasteiger partial charge in [0.15, 0.2) is 0 Å². The van der Waals surface area contributed by atoms with Gasteiger partial charge in [-0.05, 0) is 52.1 Å². The van der Waals surface area contributed by atoms with E-state index in [0.717, 1.165) is 31.4 Å². The monoisotopic (exact) mass is 260 g/mol. The van der Waals surface area contributed by atoms with Crippen molar-refractivity contribution in [2.45, 2.75) is 36.6 Å². The average Bonchev–Trinajstić information content (AvgIpc) is 2.34. The molecular weight excluding hydrogens is 235 g/mol. The molecule has 2 aliphatic rings. The van der Waals surface area contributed by atoms with Crippen LogP contribution in [0.4, 0.5) is 4.39 Å². The SMILES string of the molecule is CSC1CCN(CC2(F)CCN(C)CC2)CC1. The Kier molecular flexibility index (Phi) is 4.72. The molecule has 100 valence electrons. The van der Waals surface area contributed by atoms with Gasteiger partial charge in [0.25, 0.3) is 0 Å². The lowest BCUT2D eigenvalue weighted by Crippen LogP contribution is -2.49. The molecule has 0 saturated carbocycles. The number of likely N-dealkylation sites (tertiary alicyclic amines) is 2. The highest BCUT2D eigenvalue weighted by molar-refractivity contribution is 7.99. The average molecular weight is 260 g/mol. The van der Waals surface area contributed by atoms with Crippen LogP contribution in [0.25, 0.3) is 0 Å². The van der Waals surface area contributed by atoms with Crippen LogP contribution in [0, 0.1) is 0 Å². The minimum absolute atomic E-state index is 0.669. The second kappa shape index (κ2) is 5.89. The van der Waals surface area contributed by atoms with Crippen molar-refractivity contribution in [2.24, 2.45) is 0 Å². The Bertz CT molecular complexity index is 234. The minimum atomic E-state index is -0.918. The summed E-state index contributed by atoms with van der Waals surface area (Å²) >= 11 is 1.97. The molecule has 0 radical (unpaired) electrons. The Labute approximate surface area is 109 Å². The standard InChI is InChI=1S/C13H25FN2S/c1-15-9-5-13(14,6-10-15)11-16-7-3-12(17-2)4-8-16/h12H,3-11H2,1-2H3. The summed E-state index contributed by atoms with van der Waals surface area (Å²) in [6.45, 7) is 4.68. The Hall–Kier alpha value is 0.200. The van der Waals surface area contributed by atoms with Gasteiger partial charge in [0.05, 0.1) is 0 Å². The highest BCUT2D eigenvalue weighted by Gasteiger charge is 2.36. The van der Waals surface area contributed by atoms with Gasteiger partial charge in [-0.3, -0.25) is 0 Å². The topological polar surface area (TPSA) is 6.48 Å². The van der Waals surface area contributed by atoms with Crippen LogP contribution in [-0.2, 0) is 0 Å². The predicted octanol–water partition coefficient (Wildman–Crippen LogP) is 2.25. The van der Waals surface area contributed by atoms with Crippen molar-refractivity contribution in [3.63, 3.8) is 0 Å². The summed E-state index contributed by atoms with van der Waals surface area (Å²) in [7, 11) is 2.09. The third-order valence-electron chi connectivity index (χ3n) is 4.26. The van der Waals surface area contributed by atoms with Crippen molar-refractivity contribution in [3.8, 4) is 0 Å². The number of hydrogen-bond acceptors (Lipinski definition) is 3. The van der Waals surface area contributed by atoms with Crippen LogP contribution >= 0.6 is 11.8 Å². The minimum Gasteiger partial charge on any atom is -0.306 e. The van der Waals surface area contributed by atoms with E-state index in [4.69, 9.17) is 0 Å². The zero-order valence-electron chi connectivity index (χ0n) is 11.1. The van der Waals surface area contributed by atoms with E-state index >= 15 is 0 Å². The molecule has 4 heteroatoms. The number of rotatable bonds is 3. The van der Waals surface area contributed by atoms with Crippen LogP contribution in [0.5, 0.6) is 0 Å². The first kappa shape index (κ1) is 13.6. The lowest BCUT2D eigenvalue weighted by Gasteiger charge is -2.40. The van der Waals surface area contributed by atoms with Crippen LogP contribution < -0.4 is 0 Å². The highest BCUT2D eigenvalue weighted by Crippen LogP contribution is 2.29. The van der Waals surface area contributed by atoms with E-state index in [-0.39, 0.29) is 0 Å². The predicted molar refractivity (Wildman–Crippen MR) is 73.5 cm³/mol. The fourth-order valence-corrected chi connectivity index (χ4v) is 3.56. The van der Waals surface area contributed by atoms with Gasteiger partial charge in [0.1, 0.15) is 5.67 Å². The molecule has 0 aromatic carbocycles. The number of halogens is 1. The van der Waals surface area contributed by atoms with Crippen LogP contribution in [0.15, 0.2) is 0 Å². The molecule has 2 saturated heterocycles. The quantitative estimate of drug-likeness (QED) is 0.768. The normalized spacial score (nSPS) is 28.4. The third kappa shape index (κ3) is 3.83. The molecule has 0 aliphatic carbocycles. The maximum Gasteiger partial charge on any atom is 0.126 e. The zero-order chi connectivity index (χ0) is 12.3. The summed E-state index contributed by atoms with van der Waals surface area (Å²) in [6, 6.07) is 0. The first-order valence-electron chi connectivity index (χ1n) is 6.74. The third-order valence-corrected chi connectivity index (χ3v) is 5.40. The van der Waals surface area contributed by atoms with Gasteiger partial charge in [-0.1, -0.05) is 0 Å². The summed E-state index contributed by atoms with van der Waals surface area (Å²) < 4.78 is 14.6. The van der Waals surface area contributed by atoms with Gasteiger partial charge < -0.3 is 9.80 Å². The largest absolute Gasteiger partial charge is 0.306 e. The van der Waals surface area contributed by atoms with Crippen molar-refractivity contribution >= 4 is 11.8 Å². The van der Waals surface area contributed by atoms with Crippen LogP contribution in [0.1, 0.15) is 25.7 Å². The fourth-order valence-electron chi connectivity index (χ4n) is 2.88. The number of piperidine rings is 2. The fraction of sp³-hybridized carbons (Fsp3) is 1.00. The molecule has 0 aromatic rings. The van der Waals surface area contributed by atoms with E-state index in [0.29, 0.717) is 19.4 Å². The van der Waals surface area contributed by atoms with Crippen molar-refractivity contribution in [1.29, 1.82) is 0 Å². The molecule has 2 heterocycles. The van der Waals surface area contributed by atoms with Crippen LogP contribution in [0.3, 0.4) is 0 Å². The molecule has 0 atom stereocenters. The van der Waals surface area contributed by atoms with Crippen LogP contribution in [-0.4, -0.2) is 66.7 Å². The molecule has 0 amide bonds. The van der Waals surface area contributed by atoms with Crippen molar-refractivity contribution in [3.05, 3.63) is 0 Å². The summed E-state index contributed by atoms with van der Waals surface area (Å²) in [4.78, 5) is 4.58. The van der Waals surface area contributed by atoms with Gasteiger partial charge in [0, 0.05) is 24.9 Å². The Balaban J connectivity index is 1.77. The second-order valence-electron chi connectivity index (χ2n) is 5.67. The van der Waals surface area contributed by atoms with E-state index in [2.05, 4.69) is 23.1 Å². The molecular formula is C13H25FN2S. The molecule has 2 aliphatic heterocycles. The van der Waals surface area contributed by atoms with Gasteiger partial charge >= 0.3 is 0 Å². The van der Waals surface area contributed by atoms with Crippen molar-refractivity contribution < 1.29 is 4.39 Å². The maximum absolute atomic E-state index is 14.6. The van der Waals surface area contributed by atoms with E-state index in [1.807, 2.05) is 11.8 Å². The van der Waals surface area contributed by atoms with E-state index in [1.165, 1.54) is 12.8 Å². The number of hydrogen-bond donors (Lipinski definition) is 0. The Morgan fingerprint density at radius 2 is 1.76 bits per heavy atom. The number of alkyl halides is 1. The van der Waals surface area contributed by atoms with Crippen molar-refractivity contribution in [2.75, 3.05) is 46.0 Å². The number of nitrogens with zero attached hydrogens (tertiary/aromatic N) is 2. The van der Waals surface area contributed by atoms with Gasteiger partial charge in [-0.25, -0.2) is 4.39 Å². The lowest BCUT2D eigenvalue weighted by atomic mass is 9.92. The first-order chi connectivity index (χ1) is 8.11. The number of thioether (sulfide) groups is 1. The molecule has 2 nitrogen and oxygen atoms in total. The smallest absolute Gasteiger partial charge is 0.126 e. The molecule has 0 aromatic heterocycles. The summed E-state index contributed by atoms with van der Waals surface area (Å²) in [5, 5.41) is 0.805. The molecule has 2 fully saturated rings. The molecule has 0 bridgehead atoms. The summed E-state index contributed by atoms with van der Waals surface area (Å²) in [6.07, 6.45) is 6.08. The van der Waals surface area contributed by atoms with E-state index in [9.17, 15) is 4.39 Å². The Morgan fingerprint density at radius 3 is 2.29 bits per heavy atom. The lowest BCUT2D eigenvalue weighted by molar-refractivity contribution is 0.0267. The molecule has 0 N–H and O–H groups in total. The van der Waals surface area contributed by atoms with E-state index < -0.39 is 5.67 Å². The van der Waals surface area contributed by atoms with E-state index in [1.54, 1.807) is 0 Å².